The number of nitrogens with two attached hydrogens (primary N) is 7. The van der Waals surface area contributed by atoms with Gasteiger partial charge < -0.3 is 75.1 Å². The predicted octanol–water partition coefficient (Wildman–Crippen LogP) is 22.4. The number of nitrogen functional groups attached to an aromatic ring is 6. The normalized spacial score (nSPS) is 11.8. The molecule has 18 N–H and O–H groups in total. The number of hydrogen-bond donors (Lipinski definition) is 11. The second kappa shape index (κ2) is 47.0. The number of fused-ring (bicyclic) bond motifs is 5. The number of anilines is 9. The SMILES string of the molecule is C=C(OC)C(N)Cc1ccccc1.CC(F)S(=O)(=O)c1cc([N+](=O)[O-])cc(Br)c1N.Cc1ccc(C(=O)Nc2ccc(-c3nc4c(Cl)c(NC(=O)c5ccc(N)cc5)ccc4[nH]3)cc2)cc1.Cc1ccc(O)c(S(=O)(=O)N(C)C)c1.Nc1ccc(Oc2ccc3c(c2)C(=O)N(c2cccc4ccccc24)C3=O)cc1.Nc1ccc(Oc2ccc3ccccc3c2)c(Cl)c1.Nc1ccc2nn(-c3ccccc3)nc2c1N. The Bertz CT molecular complexity index is 8080. The number of H-pyrrole nitrogens is 1. The fraction of sp³-hybridized carbons (Fsp3) is 0.0833. The highest BCUT2D eigenvalue weighted by Crippen LogP contribution is 2.40. The van der Waals surface area contributed by atoms with Crippen molar-refractivity contribution < 1.29 is 64.6 Å². The Morgan fingerprint density at radius 3 is 1.81 bits per heavy atom. The molecular weight excluding hydrogens is 1990 g/mol. The molecule has 0 spiro atoms. The maximum absolute atomic E-state index is 13.1. The molecule has 18 aromatic rings. The number of amides is 4. The third-order valence-corrected chi connectivity index (χ3v) is 27.1. The number of nitrogens with one attached hydrogen (secondary N) is 3. The molecular formula is C108H97BrCl2FN17O14S2. The number of phenols is 1. The number of ether oxygens (including phenoxy) is 3. The first-order chi connectivity index (χ1) is 69.2. The van der Waals surface area contributed by atoms with Gasteiger partial charge in [0.25, 0.3) is 29.3 Å². The van der Waals surface area contributed by atoms with E-state index in [9.17, 15) is 55.6 Å². The summed E-state index contributed by atoms with van der Waals surface area (Å²) in [5.74, 6) is 2.30. The maximum atomic E-state index is 13.1. The molecule has 31 nitrogen and oxygen atoms in total. The van der Waals surface area contributed by atoms with E-state index in [1.165, 1.54) is 42.1 Å². The number of para-hydroxylation sites is 1. The number of hydrogen-bond acceptors (Lipinski definition) is 24. The van der Waals surface area contributed by atoms with Crippen LogP contribution in [0.3, 0.4) is 0 Å². The average molecular weight is 2090 g/mol. The van der Waals surface area contributed by atoms with Crippen molar-refractivity contribution in [1.82, 2.24) is 29.3 Å². The quantitative estimate of drug-likeness (QED) is 0.0111. The second-order valence-electron chi connectivity index (χ2n) is 32.7. The van der Waals surface area contributed by atoms with Gasteiger partial charge >= 0.3 is 0 Å². The van der Waals surface area contributed by atoms with Crippen molar-refractivity contribution in [3.8, 4) is 45.8 Å². The molecule has 2 atom stereocenters. The number of halogens is 4. The minimum Gasteiger partial charge on any atom is -0.507 e. The molecule has 1 aliphatic rings. The number of non-ortho nitro benzene ring substituents is 1. The first-order valence-electron chi connectivity index (χ1n) is 44.1. The van der Waals surface area contributed by atoms with Gasteiger partial charge in [-0.25, -0.2) is 35.4 Å². The van der Waals surface area contributed by atoms with E-state index in [4.69, 9.17) is 77.5 Å². The summed E-state index contributed by atoms with van der Waals surface area (Å²) < 4.78 is 77.2. The summed E-state index contributed by atoms with van der Waals surface area (Å²) in [6, 6.07) is 98.8. The van der Waals surface area contributed by atoms with Gasteiger partial charge in [-0.2, -0.15) is 4.80 Å². The summed E-state index contributed by atoms with van der Waals surface area (Å²) in [5, 5.41) is 39.4. The summed E-state index contributed by atoms with van der Waals surface area (Å²) in [4.78, 5) is 71.0. The van der Waals surface area contributed by atoms with Crippen LogP contribution in [0.15, 0.2) is 360 Å². The minimum absolute atomic E-state index is 0.0333. The van der Waals surface area contributed by atoms with E-state index in [0.717, 1.165) is 85.1 Å². The zero-order chi connectivity index (χ0) is 104. The maximum Gasteiger partial charge on any atom is 0.272 e. The number of rotatable bonds is 20. The van der Waals surface area contributed by atoms with Crippen molar-refractivity contribution in [2.24, 2.45) is 5.73 Å². The number of carbonyl (C=O) groups excluding carboxylic acids is 4. The number of nitrogens with zero attached hydrogens (tertiary/aromatic N) is 7. The molecule has 0 bridgehead atoms. The molecule has 4 amide bonds. The van der Waals surface area contributed by atoms with E-state index in [0.29, 0.717) is 118 Å². The molecule has 19 rings (SSSR count). The molecule has 0 fully saturated rings. The third-order valence-electron chi connectivity index (χ3n) is 22.1. The molecule has 2 aromatic heterocycles. The van der Waals surface area contributed by atoms with Crippen LogP contribution in [-0.2, 0) is 31.0 Å². The monoisotopic (exact) mass is 2090 g/mol. The number of aryl methyl sites for hydroxylation is 2. The number of benzene rings is 16. The summed E-state index contributed by atoms with van der Waals surface area (Å²) in [5.41, 5.74) is 50.8. The van der Waals surface area contributed by atoms with Crippen molar-refractivity contribution in [2.75, 3.05) is 71.1 Å². The highest BCUT2D eigenvalue weighted by atomic mass is 79.9. The summed E-state index contributed by atoms with van der Waals surface area (Å²) in [6.07, 6.45) is 0.771. The van der Waals surface area contributed by atoms with Crippen LogP contribution in [0.2, 0.25) is 10.0 Å². The third kappa shape index (κ3) is 26.2. The van der Waals surface area contributed by atoms with Gasteiger partial charge in [0.05, 0.1) is 78.9 Å². The van der Waals surface area contributed by atoms with Crippen LogP contribution in [0.1, 0.15) is 65.0 Å². The van der Waals surface area contributed by atoms with Gasteiger partial charge in [-0.05, 0) is 258 Å². The number of imidazole rings is 1. The van der Waals surface area contributed by atoms with Crippen molar-refractivity contribution in [1.29, 1.82) is 0 Å². The first-order valence-corrected chi connectivity index (χ1v) is 48.7. The van der Waals surface area contributed by atoms with E-state index in [1.54, 1.807) is 140 Å². The van der Waals surface area contributed by atoms with Crippen LogP contribution < -0.4 is 65.1 Å². The number of aromatic amines is 1. The molecule has 3 heterocycles. The number of sulfone groups is 1. The van der Waals surface area contributed by atoms with E-state index in [2.05, 4.69) is 59.4 Å². The zero-order valence-electron chi connectivity index (χ0n) is 78.6. The molecule has 738 valence electrons. The van der Waals surface area contributed by atoms with Crippen molar-refractivity contribution in [2.45, 2.75) is 48.5 Å². The van der Waals surface area contributed by atoms with Gasteiger partial charge in [-0.1, -0.05) is 169 Å². The lowest BCUT2D eigenvalue weighted by Crippen LogP contribution is -2.29. The second-order valence-corrected chi connectivity index (χ2v) is 38.6. The van der Waals surface area contributed by atoms with Gasteiger partial charge in [-0.15, -0.1) is 10.2 Å². The number of imide groups is 1. The first kappa shape index (κ1) is 105. The molecule has 0 aliphatic carbocycles. The van der Waals surface area contributed by atoms with Gasteiger partial charge in [0, 0.05) is 75.5 Å². The highest BCUT2D eigenvalue weighted by molar-refractivity contribution is 9.10. The Hall–Kier alpha value is -17.1. The lowest BCUT2D eigenvalue weighted by molar-refractivity contribution is -0.385. The number of alkyl halides is 1. The number of carbonyl (C=O) groups is 4. The molecule has 37 heteroatoms. The van der Waals surface area contributed by atoms with Crippen LogP contribution in [0, 0.1) is 24.0 Å². The van der Waals surface area contributed by atoms with Crippen molar-refractivity contribution in [3.63, 3.8) is 0 Å². The molecule has 1 aliphatic heterocycles. The Morgan fingerprint density at radius 1 is 0.586 bits per heavy atom. The summed E-state index contributed by atoms with van der Waals surface area (Å²) >= 11 is 15.6. The average Bonchev–Trinajstić information content (AvgIpc) is 1.52. The molecule has 0 saturated heterocycles. The van der Waals surface area contributed by atoms with Crippen LogP contribution >= 0.6 is 39.1 Å². The number of sulfonamides is 1. The molecule has 0 saturated carbocycles. The number of phenolic OH excluding ortho intramolecular Hbond substituents is 1. The van der Waals surface area contributed by atoms with E-state index in [-0.39, 0.29) is 50.5 Å². The summed E-state index contributed by atoms with van der Waals surface area (Å²) in [7, 11) is -3.41. The number of aromatic hydroxyl groups is 1. The summed E-state index contributed by atoms with van der Waals surface area (Å²) in [6.45, 7) is 8.29. The molecule has 145 heavy (non-hydrogen) atoms. The molecule has 0 radical (unpaired) electrons. The van der Waals surface area contributed by atoms with Crippen molar-refractivity contribution in [3.05, 3.63) is 410 Å². The Labute approximate surface area is 851 Å². The van der Waals surface area contributed by atoms with Crippen LogP contribution in [0.5, 0.6) is 28.7 Å². The topological polar surface area (TPSA) is 500 Å². The largest absolute Gasteiger partial charge is 0.507 e. The zero-order valence-corrected chi connectivity index (χ0v) is 83.3. The predicted molar refractivity (Wildman–Crippen MR) is 575 cm³/mol. The van der Waals surface area contributed by atoms with Crippen LogP contribution in [0.25, 0.3) is 60.7 Å². The Morgan fingerprint density at radius 2 is 1.17 bits per heavy atom. The van der Waals surface area contributed by atoms with Gasteiger partial charge in [0.2, 0.25) is 25.4 Å². The van der Waals surface area contributed by atoms with Crippen LogP contribution in [0.4, 0.5) is 61.3 Å². The Kier molecular flexibility index (Phi) is 34.1. The smallest absolute Gasteiger partial charge is 0.272 e. The van der Waals surface area contributed by atoms with Crippen LogP contribution in [-0.4, -0.2) is 113 Å². The van der Waals surface area contributed by atoms with Gasteiger partial charge in [0.15, 0.2) is 0 Å². The highest BCUT2D eigenvalue weighted by Gasteiger charge is 2.38. The molecule has 16 aromatic carbocycles. The van der Waals surface area contributed by atoms with Gasteiger partial charge in [0.1, 0.15) is 66.7 Å². The minimum atomic E-state index is -4.31. The Balaban J connectivity index is 0.000000146. The lowest BCUT2D eigenvalue weighted by Gasteiger charge is -2.16. The fourth-order valence-electron chi connectivity index (χ4n) is 14.2. The van der Waals surface area contributed by atoms with E-state index in [1.807, 2.05) is 189 Å². The van der Waals surface area contributed by atoms with E-state index >= 15 is 0 Å². The number of nitro benzene ring substituents is 1. The standard InChI is InChI=1S/C28H22ClN5O2.C24H16N2O3.C16H12ClNO.C12H11N5.C11H15NO.C9H13NO3S.C8H8BrFN2O4S/c1-16-2-4-18(5-3-16)27(35)31-21-12-8-17(9-13-21)26-32-23-15-14-22(24(29)25(23)34-26)33-28(36)19-6-10-20(30)11-7-19;25-16-8-10-17(11-9-16)29-18-12-13-20-21(14-18)24(28)26(23(20)27)22-7-3-5-15-4-1-2-6-19(15)22;17-15-10-13(18)6-8-16(15)19-14-7-5-11-3-1-2-4-12(11)9-14;13-9-6-7-10-12(11(9)14)16-17(15-10)8-4-2-1-3-5-8;1-9(13-2)11(12)8-10-6-4-3-5-7-10;1-7-4-5-8(11)9(6-7)14(12,13)10(2)3;1-4(10)17(15,16)7-3-5(12(13)14)2-6(9)8(7)11/h2-15H,30H2,1H3,(H,31,35)(H,32,34)(H,33,36);1-14H,25H2;1-10H,18H2;1-7H,13-14H2;3-7,11H,1,8,12H2,2H3;4-6,11H,1-3H3;2-4H,11H2,1H3. The van der Waals surface area contributed by atoms with Crippen molar-refractivity contribution >= 4 is 183 Å². The number of methoxy groups -OCH3 is 1. The molecule has 2 unspecified atom stereocenters. The number of aromatic nitrogens is 5. The fourth-order valence-corrected chi connectivity index (χ4v) is 17.4. The van der Waals surface area contributed by atoms with E-state index < -0.39 is 40.9 Å². The van der Waals surface area contributed by atoms with Gasteiger partial charge in [-0.3, -0.25) is 29.3 Å². The lowest BCUT2D eigenvalue weighted by atomic mass is 10.1. The number of nitro groups is 1.